The summed E-state index contributed by atoms with van der Waals surface area (Å²) in [4.78, 5) is 15.7. The lowest BCUT2D eigenvalue weighted by molar-refractivity contribution is -0.00567. The Morgan fingerprint density at radius 3 is 2.83 bits per heavy atom. The topological polar surface area (TPSA) is 63.2 Å². The molecule has 1 aromatic heterocycles. The van der Waals surface area contributed by atoms with E-state index < -0.39 is 30.7 Å². The standard InChI is InChI=1S/C16H23F2N3O2/c1-15(2,3)23-14(22)21-10-16(17,18)9-20-12-7-6-11-5-4-8-19-13(11)12/h4-5,8,12,20H,6-7,9-10H2,1-3H3,(H,21,22). The summed E-state index contributed by atoms with van der Waals surface area (Å²) in [5.74, 6) is -3.06. The Morgan fingerprint density at radius 1 is 1.39 bits per heavy atom. The number of carbonyl (C=O) groups excluding carboxylic acids is 1. The molecule has 7 heteroatoms. The van der Waals surface area contributed by atoms with Crippen LogP contribution in [0.3, 0.4) is 0 Å². The smallest absolute Gasteiger partial charge is 0.407 e. The molecule has 23 heavy (non-hydrogen) atoms. The molecule has 0 saturated heterocycles. The van der Waals surface area contributed by atoms with Gasteiger partial charge in [-0.3, -0.25) is 4.98 Å². The van der Waals surface area contributed by atoms with Gasteiger partial charge in [-0.05, 0) is 45.2 Å². The first-order chi connectivity index (χ1) is 10.7. The Morgan fingerprint density at radius 2 is 2.13 bits per heavy atom. The number of pyridine rings is 1. The summed E-state index contributed by atoms with van der Waals surface area (Å²) in [7, 11) is 0. The van der Waals surface area contributed by atoms with Crippen LogP contribution >= 0.6 is 0 Å². The predicted octanol–water partition coefficient (Wildman–Crippen LogP) is 2.82. The van der Waals surface area contributed by atoms with Crippen molar-refractivity contribution in [3.05, 3.63) is 29.6 Å². The fraction of sp³-hybridized carbons (Fsp3) is 0.625. The van der Waals surface area contributed by atoms with Gasteiger partial charge in [-0.2, -0.15) is 0 Å². The molecule has 0 aromatic carbocycles. The Hall–Kier alpha value is -1.76. The van der Waals surface area contributed by atoms with Crippen molar-refractivity contribution >= 4 is 6.09 Å². The maximum absolute atomic E-state index is 13.9. The quantitative estimate of drug-likeness (QED) is 0.873. The molecule has 0 aliphatic heterocycles. The lowest BCUT2D eigenvalue weighted by Crippen LogP contribution is -2.45. The Bertz CT molecular complexity index is 559. The number of alkyl carbamates (subject to hydrolysis) is 1. The molecule has 128 valence electrons. The molecule has 1 unspecified atom stereocenters. The number of fused-ring (bicyclic) bond motifs is 1. The van der Waals surface area contributed by atoms with E-state index in [-0.39, 0.29) is 6.04 Å². The molecule has 1 atom stereocenters. The number of aryl methyl sites for hydroxylation is 1. The Kier molecular flexibility index (Phi) is 5.19. The summed E-state index contributed by atoms with van der Waals surface area (Å²) in [6, 6.07) is 3.64. The van der Waals surface area contributed by atoms with Gasteiger partial charge in [-0.15, -0.1) is 0 Å². The van der Waals surface area contributed by atoms with Gasteiger partial charge in [0.15, 0.2) is 0 Å². The Balaban J connectivity index is 1.80. The second-order valence-corrected chi connectivity index (χ2v) is 6.73. The van der Waals surface area contributed by atoms with E-state index in [0.717, 1.165) is 24.1 Å². The van der Waals surface area contributed by atoms with Crippen LogP contribution in [0.5, 0.6) is 0 Å². The number of nitrogens with zero attached hydrogens (tertiary/aromatic N) is 1. The van der Waals surface area contributed by atoms with Crippen LogP contribution in [0.4, 0.5) is 13.6 Å². The minimum atomic E-state index is -3.06. The molecule has 1 aliphatic carbocycles. The van der Waals surface area contributed by atoms with E-state index in [1.165, 1.54) is 0 Å². The van der Waals surface area contributed by atoms with Gasteiger partial charge in [0.1, 0.15) is 5.60 Å². The van der Waals surface area contributed by atoms with Crippen LogP contribution in [-0.2, 0) is 11.2 Å². The van der Waals surface area contributed by atoms with E-state index in [9.17, 15) is 13.6 Å². The number of alkyl halides is 2. The molecule has 5 nitrogen and oxygen atoms in total. The van der Waals surface area contributed by atoms with Gasteiger partial charge in [0.25, 0.3) is 5.92 Å². The average Bonchev–Trinajstić information content (AvgIpc) is 2.85. The number of aromatic nitrogens is 1. The van der Waals surface area contributed by atoms with Crippen molar-refractivity contribution in [1.29, 1.82) is 0 Å². The van der Waals surface area contributed by atoms with E-state index in [1.807, 2.05) is 12.1 Å². The first-order valence-electron chi connectivity index (χ1n) is 7.68. The molecular formula is C16H23F2N3O2. The highest BCUT2D eigenvalue weighted by molar-refractivity contribution is 5.67. The van der Waals surface area contributed by atoms with Crippen molar-refractivity contribution in [2.24, 2.45) is 0 Å². The number of nitrogens with one attached hydrogen (secondary N) is 2. The zero-order valence-corrected chi connectivity index (χ0v) is 13.7. The summed E-state index contributed by atoms with van der Waals surface area (Å²) in [6.07, 6.45) is 2.41. The highest BCUT2D eigenvalue weighted by Crippen LogP contribution is 2.29. The van der Waals surface area contributed by atoms with Gasteiger partial charge >= 0.3 is 6.09 Å². The van der Waals surface area contributed by atoms with Gasteiger partial charge in [-0.1, -0.05) is 6.07 Å². The third-order valence-corrected chi connectivity index (χ3v) is 3.46. The average molecular weight is 327 g/mol. The lowest BCUT2D eigenvalue weighted by atomic mass is 10.2. The third kappa shape index (κ3) is 5.42. The zero-order valence-electron chi connectivity index (χ0n) is 13.7. The Labute approximate surface area is 134 Å². The number of amides is 1. The number of halogens is 2. The van der Waals surface area contributed by atoms with Gasteiger partial charge in [-0.25, -0.2) is 13.6 Å². The molecule has 1 aliphatic rings. The molecular weight excluding hydrogens is 304 g/mol. The number of rotatable bonds is 5. The minimum absolute atomic E-state index is 0.168. The maximum Gasteiger partial charge on any atom is 0.407 e. The highest BCUT2D eigenvalue weighted by atomic mass is 19.3. The SMILES string of the molecule is CC(C)(C)OC(=O)NCC(F)(F)CNC1CCc2cccnc21. The fourth-order valence-corrected chi connectivity index (χ4v) is 2.46. The number of carbonyl (C=O) groups is 1. The summed E-state index contributed by atoms with van der Waals surface area (Å²) in [6.45, 7) is 3.74. The number of hydrogen-bond donors (Lipinski definition) is 2. The van der Waals surface area contributed by atoms with Gasteiger partial charge < -0.3 is 15.4 Å². The van der Waals surface area contributed by atoms with Crippen molar-refractivity contribution in [1.82, 2.24) is 15.6 Å². The molecule has 0 radical (unpaired) electrons. The van der Waals surface area contributed by atoms with Crippen LogP contribution in [0.25, 0.3) is 0 Å². The summed E-state index contributed by atoms with van der Waals surface area (Å²) in [5, 5.41) is 4.95. The van der Waals surface area contributed by atoms with Crippen LogP contribution in [0.15, 0.2) is 18.3 Å². The third-order valence-electron chi connectivity index (χ3n) is 3.46. The van der Waals surface area contributed by atoms with E-state index in [0.29, 0.717) is 0 Å². The molecule has 0 spiro atoms. The van der Waals surface area contributed by atoms with Crippen molar-refractivity contribution in [3.63, 3.8) is 0 Å². The van der Waals surface area contributed by atoms with Crippen LogP contribution in [0.1, 0.15) is 44.5 Å². The minimum Gasteiger partial charge on any atom is -0.444 e. The monoisotopic (exact) mass is 327 g/mol. The molecule has 1 heterocycles. The second-order valence-electron chi connectivity index (χ2n) is 6.73. The molecule has 0 saturated carbocycles. The largest absolute Gasteiger partial charge is 0.444 e. The van der Waals surface area contributed by atoms with Crippen LogP contribution in [0.2, 0.25) is 0 Å². The highest BCUT2D eigenvalue weighted by Gasteiger charge is 2.33. The maximum atomic E-state index is 13.9. The van der Waals surface area contributed by atoms with E-state index in [4.69, 9.17) is 4.74 Å². The summed E-state index contributed by atoms with van der Waals surface area (Å²) in [5.41, 5.74) is 1.22. The summed E-state index contributed by atoms with van der Waals surface area (Å²) >= 11 is 0. The van der Waals surface area contributed by atoms with Crippen molar-refractivity contribution < 1.29 is 18.3 Å². The van der Waals surface area contributed by atoms with Gasteiger partial charge in [0.2, 0.25) is 0 Å². The van der Waals surface area contributed by atoms with Crippen LogP contribution < -0.4 is 10.6 Å². The molecule has 1 aromatic rings. The molecule has 2 N–H and O–H groups in total. The second kappa shape index (κ2) is 6.78. The molecule has 2 rings (SSSR count). The predicted molar refractivity (Wildman–Crippen MR) is 82.5 cm³/mol. The van der Waals surface area contributed by atoms with E-state index in [1.54, 1.807) is 27.0 Å². The number of hydrogen-bond acceptors (Lipinski definition) is 4. The van der Waals surface area contributed by atoms with E-state index >= 15 is 0 Å². The van der Waals surface area contributed by atoms with Gasteiger partial charge in [0.05, 0.1) is 24.8 Å². The van der Waals surface area contributed by atoms with Crippen LogP contribution in [-0.4, -0.2) is 35.7 Å². The summed E-state index contributed by atoms with van der Waals surface area (Å²) < 4.78 is 32.7. The first-order valence-corrected chi connectivity index (χ1v) is 7.68. The number of ether oxygens (including phenoxy) is 1. The van der Waals surface area contributed by atoms with Gasteiger partial charge in [0, 0.05) is 6.20 Å². The molecule has 1 amide bonds. The van der Waals surface area contributed by atoms with Crippen LogP contribution in [0, 0.1) is 0 Å². The fourth-order valence-electron chi connectivity index (χ4n) is 2.46. The first kappa shape index (κ1) is 17.6. The van der Waals surface area contributed by atoms with Crippen molar-refractivity contribution in [3.8, 4) is 0 Å². The van der Waals surface area contributed by atoms with E-state index in [2.05, 4.69) is 15.6 Å². The zero-order chi connectivity index (χ0) is 17.1. The van der Waals surface area contributed by atoms with Crippen molar-refractivity contribution in [2.75, 3.05) is 13.1 Å². The lowest BCUT2D eigenvalue weighted by Gasteiger charge is -2.23. The molecule has 0 bridgehead atoms. The van der Waals surface area contributed by atoms with Crippen molar-refractivity contribution in [2.45, 2.75) is 51.2 Å². The molecule has 0 fully saturated rings. The normalized spacial score (nSPS) is 17.7.